The van der Waals surface area contributed by atoms with Crippen LogP contribution in [0.5, 0.6) is 5.88 Å². The maximum absolute atomic E-state index is 12.0. The Morgan fingerprint density at radius 1 is 1.48 bits per heavy atom. The molecule has 7 nitrogen and oxygen atoms in total. The van der Waals surface area contributed by atoms with Crippen LogP contribution in [0.25, 0.3) is 0 Å². The molecule has 21 heavy (non-hydrogen) atoms. The molecule has 2 N–H and O–H groups in total. The van der Waals surface area contributed by atoms with Crippen molar-refractivity contribution in [2.45, 2.75) is 19.3 Å². The number of aryl methyl sites for hydroxylation is 1. The predicted molar refractivity (Wildman–Crippen MR) is 81.6 cm³/mol. The monoisotopic (exact) mass is 295 g/mol. The second kappa shape index (κ2) is 7.31. The van der Waals surface area contributed by atoms with Crippen molar-refractivity contribution in [1.82, 2.24) is 20.0 Å². The first kappa shape index (κ1) is 15.6. The van der Waals surface area contributed by atoms with Gasteiger partial charge >= 0.3 is 6.03 Å². The van der Waals surface area contributed by atoms with Crippen LogP contribution in [0.15, 0.2) is 6.20 Å². The Labute approximate surface area is 125 Å². The molecule has 1 atom stereocenters. The minimum absolute atomic E-state index is 0.215. The van der Waals surface area contributed by atoms with Crippen LogP contribution in [0.4, 0.5) is 10.5 Å². The van der Waals surface area contributed by atoms with Gasteiger partial charge in [0.2, 0.25) is 0 Å². The van der Waals surface area contributed by atoms with E-state index in [0.29, 0.717) is 24.0 Å². The van der Waals surface area contributed by atoms with E-state index in [2.05, 4.69) is 27.7 Å². The van der Waals surface area contributed by atoms with Crippen molar-refractivity contribution in [3.05, 3.63) is 6.20 Å². The highest BCUT2D eigenvalue weighted by Gasteiger charge is 2.17. The number of hydrogen-bond donors (Lipinski definition) is 2. The van der Waals surface area contributed by atoms with E-state index in [1.54, 1.807) is 17.9 Å². The molecule has 0 aliphatic carbocycles. The lowest BCUT2D eigenvalue weighted by Gasteiger charge is -2.20. The fraction of sp³-hybridized carbons (Fsp3) is 0.714. The van der Waals surface area contributed by atoms with Gasteiger partial charge in [0.05, 0.1) is 13.3 Å². The lowest BCUT2D eigenvalue weighted by atomic mass is 10.0. The third-order valence-corrected chi connectivity index (χ3v) is 3.76. The standard InChI is InChI=1S/C14H25N5O2/c1-18-7-5-4-6-11(9-18)8-15-14(20)16-12-10-19(2)17-13(12)21-3/h10-11H,4-9H2,1-3H3,(H2,15,16,20). The number of anilines is 1. The molecule has 2 amide bonds. The molecule has 0 saturated carbocycles. The highest BCUT2D eigenvalue weighted by atomic mass is 16.5. The molecule has 0 spiro atoms. The van der Waals surface area contributed by atoms with Crippen molar-refractivity contribution < 1.29 is 9.53 Å². The number of hydrogen-bond acceptors (Lipinski definition) is 4. The van der Waals surface area contributed by atoms with Gasteiger partial charge < -0.3 is 20.3 Å². The van der Waals surface area contributed by atoms with Gasteiger partial charge in [-0.25, -0.2) is 4.79 Å². The fourth-order valence-corrected chi connectivity index (χ4v) is 2.71. The highest BCUT2D eigenvalue weighted by molar-refractivity contribution is 5.90. The topological polar surface area (TPSA) is 71.4 Å². The molecular formula is C14H25N5O2. The smallest absolute Gasteiger partial charge is 0.319 e. The van der Waals surface area contributed by atoms with E-state index in [-0.39, 0.29) is 6.03 Å². The molecule has 1 aromatic heterocycles. The Balaban J connectivity index is 1.81. The quantitative estimate of drug-likeness (QED) is 0.878. The number of likely N-dealkylation sites (tertiary alicyclic amines) is 1. The lowest BCUT2D eigenvalue weighted by Crippen LogP contribution is -2.36. The van der Waals surface area contributed by atoms with Crippen molar-refractivity contribution in [1.29, 1.82) is 0 Å². The van der Waals surface area contributed by atoms with E-state index in [4.69, 9.17) is 4.74 Å². The summed E-state index contributed by atoms with van der Waals surface area (Å²) in [6.07, 6.45) is 5.36. The second-order valence-electron chi connectivity index (χ2n) is 5.68. The normalized spacial score (nSPS) is 19.9. The van der Waals surface area contributed by atoms with Gasteiger partial charge in [0.15, 0.2) is 0 Å². The molecule has 7 heteroatoms. The largest absolute Gasteiger partial charge is 0.478 e. The summed E-state index contributed by atoms with van der Waals surface area (Å²) in [4.78, 5) is 14.3. The average Bonchev–Trinajstić information content (AvgIpc) is 2.66. The number of amides is 2. The van der Waals surface area contributed by atoms with Crippen molar-refractivity contribution in [3.8, 4) is 5.88 Å². The first-order chi connectivity index (χ1) is 10.1. The zero-order valence-electron chi connectivity index (χ0n) is 13.1. The summed E-state index contributed by atoms with van der Waals surface area (Å²) in [6.45, 7) is 2.88. The minimum atomic E-state index is -0.215. The van der Waals surface area contributed by atoms with Gasteiger partial charge in [0.1, 0.15) is 5.69 Å². The molecule has 1 aromatic rings. The van der Waals surface area contributed by atoms with Gasteiger partial charge in [-0.3, -0.25) is 4.68 Å². The molecule has 0 bridgehead atoms. The molecule has 1 unspecified atom stereocenters. The first-order valence-corrected chi connectivity index (χ1v) is 7.39. The highest BCUT2D eigenvalue weighted by Crippen LogP contribution is 2.20. The molecule has 0 aromatic carbocycles. The lowest BCUT2D eigenvalue weighted by molar-refractivity contribution is 0.246. The maximum atomic E-state index is 12.0. The third-order valence-electron chi connectivity index (χ3n) is 3.76. The van der Waals surface area contributed by atoms with Crippen LogP contribution in [0.3, 0.4) is 0 Å². The molecule has 118 valence electrons. The number of nitrogens with zero attached hydrogens (tertiary/aromatic N) is 3. The summed E-state index contributed by atoms with van der Waals surface area (Å²) < 4.78 is 6.72. The van der Waals surface area contributed by atoms with Crippen LogP contribution in [-0.2, 0) is 7.05 Å². The van der Waals surface area contributed by atoms with Gasteiger partial charge in [-0.1, -0.05) is 6.42 Å². The fourth-order valence-electron chi connectivity index (χ4n) is 2.71. The molecular weight excluding hydrogens is 270 g/mol. The van der Waals surface area contributed by atoms with Crippen LogP contribution in [0.2, 0.25) is 0 Å². The van der Waals surface area contributed by atoms with E-state index in [9.17, 15) is 4.79 Å². The van der Waals surface area contributed by atoms with E-state index in [1.807, 2.05) is 0 Å². The summed E-state index contributed by atoms with van der Waals surface area (Å²) in [6, 6.07) is -0.215. The Hall–Kier alpha value is -1.76. The van der Waals surface area contributed by atoms with Gasteiger partial charge in [0.25, 0.3) is 5.88 Å². The van der Waals surface area contributed by atoms with Gasteiger partial charge in [-0.15, -0.1) is 5.10 Å². The van der Waals surface area contributed by atoms with Crippen LogP contribution in [0, 0.1) is 5.92 Å². The van der Waals surface area contributed by atoms with Crippen LogP contribution in [0.1, 0.15) is 19.3 Å². The van der Waals surface area contributed by atoms with Gasteiger partial charge in [-0.05, 0) is 32.4 Å². The number of ether oxygens (including phenoxy) is 1. The molecule has 1 fully saturated rings. The van der Waals surface area contributed by atoms with Crippen LogP contribution >= 0.6 is 0 Å². The number of carbonyl (C=O) groups is 1. The molecule has 1 saturated heterocycles. The second-order valence-corrected chi connectivity index (χ2v) is 5.68. The maximum Gasteiger partial charge on any atom is 0.319 e. The molecule has 0 radical (unpaired) electrons. The van der Waals surface area contributed by atoms with E-state index >= 15 is 0 Å². The summed E-state index contributed by atoms with van der Waals surface area (Å²) in [5.74, 6) is 0.931. The number of carbonyl (C=O) groups excluding carboxylic acids is 1. The molecule has 2 heterocycles. The minimum Gasteiger partial charge on any atom is -0.478 e. The van der Waals surface area contributed by atoms with E-state index in [1.165, 1.54) is 26.4 Å². The Kier molecular flexibility index (Phi) is 5.44. The number of urea groups is 1. The van der Waals surface area contributed by atoms with Gasteiger partial charge in [0, 0.05) is 20.1 Å². The first-order valence-electron chi connectivity index (χ1n) is 7.39. The zero-order chi connectivity index (χ0) is 15.2. The number of aromatic nitrogens is 2. The number of rotatable bonds is 4. The number of methoxy groups -OCH3 is 1. The van der Waals surface area contributed by atoms with Crippen molar-refractivity contribution in [2.24, 2.45) is 13.0 Å². The number of nitrogens with one attached hydrogen (secondary N) is 2. The zero-order valence-corrected chi connectivity index (χ0v) is 13.1. The molecule has 2 rings (SSSR count). The van der Waals surface area contributed by atoms with Crippen LogP contribution in [-0.4, -0.2) is 54.5 Å². The summed E-state index contributed by atoms with van der Waals surface area (Å²) >= 11 is 0. The van der Waals surface area contributed by atoms with Crippen molar-refractivity contribution in [2.75, 3.05) is 39.1 Å². The van der Waals surface area contributed by atoms with E-state index in [0.717, 1.165) is 13.1 Å². The third kappa shape index (κ3) is 4.63. The summed E-state index contributed by atoms with van der Waals surface area (Å²) in [5.41, 5.74) is 0.579. The van der Waals surface area contributed by atoms with Gasteiger partial charge in [-0.2, -0.15) is 0 Å². The van der Waals surface area contributed by atoms with Crippen molar-refractivity contribution >= 4 is 11.7 Å². The predicted octanol–water partition coefficient (Wildman–Crippen LogP) is 1.28. The van der Waals surface area contributed by atoms with Crippen molar-refractivity contribution in [3.63, 3.8) is 0 Å². The Bertz CT molecular complexity index is 474. The Morgan fingerprint density at radius 3 is 3.05 bits per heavy atom. The molecule has 1 aliphatic rings. The Morgan fingerprint density at radius 2 is 2.29 bits per heavy atom. The summed E-state index contributed by atoms with van der Waals surface area (Å²) in [5, 5.41) is 9.82. The average molecular weight is 295 g/mol. The SMILES string of the molecule is COc1nn(C)cc1NC(=O)NCC1CCCCN(C)C1. The molecule has 1 aliphatic heterocycles. The van der Waals surface area contributed by atoms with E-state index < -0.39 is 0 Å². The summed E-state index contributed by atoms with van der Waals surface area (Å²) in [7, 11) is 5.46. The van der Waals surface area contributed by atoms with Crippen LogP contribution < -0.4 is 15.4 Å².